The summed E-state index contributed by atoms with van der Waals surface area (Å²) in [7, 11) is 0. The summed E-state index contributed by atoms with van der Waals surface area (Å²) >= 11 is 0. The highest BCUT2D eigenvalue weighted by Crippen LogP contribution is 2.43. The first-order chi connectivity index (χ1) is 22.1. The van der Waals surface area contributed by atoms with Gasteiger partial charge < -0.3 is 25.2 Å². The number of rotatable bonds is 3. The van der Waals surface area contributed by atoms with Crippen molar-refractivity contribution in [1.82, 2.24) is 30.7 Å². The molecule has 5 heterocycles. The Balaban J connectivity index is 1.36. The van der Waals surface area contributed by atoms with Crippen LogP contribution in [0.2, 0.25) is 0 Å². The van der Waals surface area contributed by atoms with Crippen molar-refractivity contribution in [1.29, 1.82) is 5.26 Å². The Hall–Kier alpha value is -2.33. The van der Waals surface area contributed by atoms with Crippen LogP contribution in [0.3, 0.4) is 0 Å². The molecule has 13 unspecified atom stereocenters. The summed E-state index contributed by atoms with van der Waals surface area (Å²) in [5.41, 5.74) is 0. The maximum absolute atomic E-state index is 16.6. The molecule has 6 aliphatic rings. The number of carbonyl (C=O) groups excluding carboxylic acids is 2. The zero-order chi connectivity index (χ0) is 32.7. The minimum atomic E-state index is -1.30. The molecule has 0 aromatic carbocycles. The molecular weight excluding hydrogens is 592 g/mol. The van der Waals surface area contributed by atoms with Crippen molar-refractivity contribution in [2.75, 3.05) is 26.2 Å². The normalized spacial score (nSPS) is 44.0. The molecule has 12 heteroatoms. The van der Waals surface area contributed by atoms with E-state index in [0.29, 0.717) is 26.1 Å². The quantitative estimate of drug-likeness (QED) is 0.319. The van der Waals surface area contributed by atoms with Gasteiger partial charge in [-0.1, -0.05) is 13.8 Å². The molecule has 3 amide bonds. The number of urea groups is 1. The Kier molecular flexibility index (Phi) is 10.2. The van der Waals surface area contributed by atoms with Gasteiger partial charge in [0.1, 0.15) is 12.3 Å². The highest BCUT2D eigenvalue weighted by Gasteiger charge is 2.57. The second-order valence-corrected chi connectivity index (χ2v) is 15.0. The molecule has 3 N–H and O–H groups in total. The molecule has 46 heavy (non-hydrogen) atoms. The first-order valence-electron chi connectivity index (χ1n) is 17.7. The molecular formula is C34H53F2N7O3. The topological polar surface area (TPSA) is 113 Å². The number of alkyl halides is 2. The van der Waals surface area contributed by atoms with Crippen LogP contribution >= 0.6 is 0 Å². The van der Waals surface area contributed by atoms with E-state index in [4.69, 9.17) is 10.00 Å². The van der Waals surface area contributed by atoms with Gasteiger partial charge in [-0.25, -0.2) is 13.6 Å². The molecule has 256 valence electrons. The Morgan fingerprint density at radius 3 is 2.63 bits per heavy atom. The van der Waals surface area contributed by atoms with Gasteiger partial charge in [0.05, 0.1) is 30.5 Å². The van der Waals surface area contributed by atoms with Gasteiger partial charge in [0, 0.05) is 67.9 Å². The van der Waals surface area contributed by atoms with Crippen molar-refractivity contribution >= 4 is 11.9 Å². The second kappa shape index (κ2) is 14.0. The smallest absolute Gasteiger partial charge is 0.320 e. The van der Waals surface area contributed by atoms with Gasteiger partial charge in [0.15, 0.2) is 0 Å². The maximum atomic E-state index is 16.6. The molecule has 1 saturated carbocycles. The molecule has 2 bridgehead atoms. The van der Waals surface area contributed by atoms with E-state index in [2.05, 4.69) is 34.7 Å². The van der Waals surface area contributed by atoms with Gasteiger partial charge in [-0.2, -0.15) is 5.26 Å². The molecule has 6 fully saturated rings. The Bertz CT molecular complexity index is 1180. The minimum absolute atomic E-state index is 0.0697. The predicted octanol–water partition coefficient (Wildman–Crippen LogP) is 3.30. The van der Waals surface area contributed by atoms with E-state index in [1.165, 1.54) is 12.2 Å². The minimum Gasteiger partial charge on any atom is -0.378 e. The lowest BCUT2D eigenvalue weighted by atomic mass is 9.72. The SMILES string of the molecule is CC(C)C1NCCC2CCCOC3CCCC(F)C3C3NC4C(CC3F)C(N3CC(C)N(C(=O)/C=C/C#N)CC3C)NC(=O)N4C21. The number of piperazine rings is 1. The lowest BCUT2D eigenvalue weighted by Gasteiger charge is -2.60. The van der Waals surface area contributed by atoms with Crippen molar-refractivity contribution < 1.29 is 23.1 Å². The summed E-state index contributed by atoms with van der Waals surface area (Å²) < 4.78 is 38.8. The van der Waals surface area contributed by atoms with Gasteiger partial charge in [-0.3, -0.25) is 15.0 Å². The Morgan fingerprint density at radius 1 is 1.07 bits per heavy atom. The van der Waals surface area contributed by atoms with Crippen LogP contribution in [0.1, 0.15) is 72.6 Å². The van der Waals surface area contributed by atoms with Crippen molar-refractivity contribution in [3.63, 3.8) is 0 Å². The second-order valence-electron chi connectivity index (χ2n) is 15.0. The molecule has 13 atom stereocenters. The van der Waals surface area contributed by atoms with E-state index >= 15 is 8.78 Å². The third kappa shape index (κ3) is 6.29. The highest BCUT2D eigenvalue weighted by molar-refractivity contribution is 5.88. The van der Waals surface area contributed by atoms with Crippen molar-refractivity contribution in [2.45, 2.75) is 134 Å². The third-order valence-corrected chi connectivity index (χ3v) is 11.9. The molecule has 1 aliphatic carbocycles. The molecule has 5 aliphatic heterocycles. The standard InChI is InChI=1S/C34H53F2N7O3/c1-19(2)29-31-22(12-14-38-29)8-7-15-46-26-10-5-9-24(35)28(26)30-25(36)16-23-32(40-34(45)43(31)33(23)39-30)42-18-20(3)41(17-21(42)4)27(44)11-6-13-37/h6,11,19-26,28-33,38-39H,5,7-10,12,14-18H2,1-4H3,(H,40,45)/b11-6+. The van der Waals surface area contributed by atoms with E-state index < -0.39 is 36.6 Å². The zero-order valence-corrected chi connectivity index (χ0v) is 27.8. The first kappa shape index (κ1) is 33.6. The molecule has 0 aromatic rings. The van der Waals surface area contributed by atoms with Crippen molar-refractivity contribution in [3.05, 3.63) is 12.2 Å². The van der Waals surface area contributed by atoms with E-state index in [9.17, 15) is 9.59 Å². The number of fused-ring (bicyclic) bond motifs is 5. The van der Waals surface area contributed by atoms with Crippen LogP contribution in [0.5, 0.6) is 0 Å². The Labute approximate surface area is 272 Å². The largest absolute Gasteiger partial charge is 0.378 e. The molecule has 6 rings (SSSR count). The number of piperidine rings is 2. The van der Waals surface area contributed by atoms with Crippen molar-refractivity contribution in [3.8, 4) is 6.07 Å². The lowest BCUT2D eigenvalue weighted by molar-refractivity contribution is -0.139. The number of amides is 3. The average molecular weight is 646 g/mol. The van der Waals surface area contributed by atoms with E-state index in [1.807, 2.05) is 24.8 Å². The van der Waals surface area contributed by atoms with Gasteiger partial charge in [-0.15, -0.1) is 0 Å². The summed E-state index contributed by atoms with van der Waals surface area (Å²) in [6, 6.07) is 0.642. The fraction of sp³-hybridized carbons (Fsp3) is 0.853. The van der Waals surface area contributed by atoms with Crippen LogP contribution in [-0.4, -0.2) is 114 Å². The fourth-order valence-corrected chi connectivity index (χ4v) is 9.77. The van der Waals surface area contributed by atoms with Crippen LogP contribution < -0.4 is 16.0 Å². The van der Waals surface area contributed by atoms with E-state index in [-0.39, 0.29) is 66.4 Å². The summed E-state index contributed by atoms with van der Waals surface area (Å²) in [4.78, 5) is 33.3. The fourth-order valence-electron chi connectivity index (χ4n) is 9.77. The molecule has 0 aromatic heterocycles. The number of carbonyl (C=O) groups is 2. The highest BCUT2D eigenvalue weighted by atomic mass is 19.1. The summed E-state index contributed by atoms with van der Waals surface area (Å²) in [6.07, 6.45) is 3.50. The molecule has 5 saturated heterocycles. The van der Waals surface area contributed by atoms with Gasteiger partial charge in [-0.05, 0) is 77.2 Å². The number of hydrogen-bond acceptors (Lipinski definition) is 7. The van der Waals surface area contributed by atoms with Gasteiger partial charge in [0.25, 0.3) is 0 Å². The van der Waals surface area contributed by atoms with Crippen molar-refractivity contribution in [2.24, 2.45) is 23.7 Å². The maximum Gasteiger partial charge on any atom is 0.320 e. The lowest BCUT2D eigenvalue weighted by Crippen LogP contribution is -2.80. The number of hydrogen-bond donors (Lipinski definition) is 3. The van der Waals surface area contributed by atoms with E-state index in [1.54, 1.807) is 4.90 Å². The number of nitrogens with one attached hydrogen (secondary N) is 3. The molecule has 0 radical (unpaired) electrons. The van der Waals surface area contributed by atoms with Crippen LogP contribution in [0, 0.1) is 35.0 Å². The zero-order valence-electron chi connectivity index (χ0n) is 27.8. The summed E-state index contributed by atoms with van der Waals surface area (Å²) in [6.45, 7) is 10.7. The first-order valence-corrected chi connectivity index (χ1v) is 17.7. The molecule has 0 spiro atoms. The monoisotopic (exact) mass is 645 g/mol. The van der Waals surface area contributed by atoms with Crippen LogP contribution in [-0.2, 0) is 9.53 Å². The average Bonchev–Trinajstić information content (AvgIpc) is 3.02. The number of nitriles is 1. The van der Waals surface area contributed by atoms with E-state index in [0.717, 1.165) is 38.6 Å². The molecule has 10 nitrogen and oxygen atoms in total. The third-order valence-electron chi connectivity index (χ3n) is 11.9. The summed E-state index contributed by atoms with van der Waals surface area (Å²) in [5.74, 6) is -0.586. The van der Waals surface area contributed by atoms with Crippen LogP contribution in [0.25, 0.3) is 0 Å². The number of allylic oxidation sites excluding steroid dienone is 1. The van der Waals surface area contributed by atoms with Gasteiger partial charge >= 0.3 is 6.03 Å². The number of nitrogens with zero attached hydrogens (tertiary/aromatic N) is 4. The Morgan fingerprint density at radius 2 is 1.87 bits per heavy atom. The van der Waals surface area contributed by atoms with Crippen LogP contribution in [0.4, 0.5) is 13.6 Å². The number of halogens is 2. The van der Waals surface area contributed by atoms with Gasteiger partial charge in [0.2, 0.25) is 5.91 Å². The summed E-state index contributed by atoms with van der Waals surface area (Å²) in [5, 5.41) is 19.6. The number of ether oxygens (including phenoxy) is 1. The predicted molar refractivity (Wildman–Crippen MR) is 170 cm³/mol. The van der Waals surface area contributed by atoms with Crippen LogP contribution in [0.15, 0.2) is 12.2 Å².